The number of rotatable bonds is 3. The number of nitrogens with two attached hydrogens (primary N) is 2. The second-order valence-electron chi connectivity index (χ2n) is 4.77. The molecular formula is C11H21N3O2. The van der Waals surface area contributed by atoms with Gasteiger partial charge in [0.25, 0.3) is 0 Å². The van der Waals surface area contributed by atoms with Gasteiger partial charge in [-0.3, -0.25) is 9.59 Å². The van der Waals surface area contributed by atoms with Crippen molar-refractivity contribution in [3.8, 4) is 0 Å². The van der Waals surface area contributed by atoms with E-state index < -0.39 is 6.04 Å². The highest BCUT2D eigenvalue weighted by atomic mass is 16.2. The minimum Gasteiger partial charge on any atom is -0.369 e. The fourth-order valence-electron chi connectivity index (χ4n) is 1.88. The van der Waals surface area contributed by atoms with Gasteiger partial charge in [0, 0.05) is 19.0 Å². The standard InChI is InChI=1S/C11H21N3O2/c1-7(2)9(12)11(16)14-5-3-8(4-6-14)10(13)15/h7-9H,3-6,12H2,1-2H3,(H2,13,15)/t9-/m1/s1. The van der Waals surface area contributed by atoms with Crippen molar-refractivity contribution in [3.63, 3.8) is 0 Å². The molecule has 0 bridgehead atoms. The van der Waals surface area contributed by atoms with Crippen molar-refractivity contribution in [3.05, 3.63) is 0 Å². The summed E-state index contributed by atoms with van der Waals surface area (Å²) in [4.78, 5) is 24.6. The Balaban J connectivity index is 2.47. The molecule has 0 aliphatic carbocycles. The molecule has 1 aliphatic heterocycles. The van der Waals surface area contributed by atoms with Crippen molar-refractivity contribution in [1.82, 2.24) is 4.90 Å². The molecule has 0 saturated carbocycles. The van der Waals surface area contributed by atoms with E-state index in [1.54, 1.807) is 4.90 Å². The van der Waals surface area contributed by atoms with Crippen LogP contribution in [0.4, 0.5) is 0 Å². The molecule has 0 aromatic rings. The molecule has 1 atom stereocenters. The summed E-state index contributed by atoms with van der Waals surface area (Å²) in [5.41, 5.74) is 11.0. The second kappa shape index (κ2) is 5.30. The molecule has 92 valence electrons. The van der Waals surface area contributed by atoms with Gasteiger partial charge in [-0.2, -0.15) is 0 Å². The Bertz CT molecular complexity index is 270. The zero-order valence-electron chi connectivity index (χ0n) is 9.98. The molecule has 1 saturated heterocycles. The number of carbonyl (C=O) groups is 2. The average Bonchev–Trinajstić information content (AvgIpc) is 2.27. The van der Waals surface area contributed by atoms with E-state index in [4.69, 9.17) is 11.5 Å². The third-order valence-corrected chi connectivity index (χ3v) is 3.21. The molecule has 1 heterocycles. The molecule has 0 radical (unpaired) electrons. The fraction of sp³-hybridized carbons (Fsp3) is 0.818. The summed E-state index contributed by atoms with van der Waals surface area (Å²) in [6, 6.07) is -0.440. The molecule has 5 nitrogen and oxygen atoms in total. The van der Waals surface area contributed by atoms with Crippen LogP contribution in [0.15, 0.2) is 0 Å². The quantitative estimate of drug-likeness (QED) is 0.693. The SMILES string of the molecule is CC(C)[C@@H](N)C(=O)N1CCC(C(N)=O)CC1. The van der Waals surface area contributed by atoms with Crippen LogP contribution in [0.3, 0.4) is 0 Å². The predicted octanol–water partition coefficient (Wildman–Crippen LogP) is -0.306. The van der Waals surface area contributed by atoms with Crippen molar-refractivity contribution < 1.29 is 9.59 Å². The Morgan fingerprint density at radius 2 is 1.75 bits per heavy atom. The number of piperidine rings is 1. The maximum Gasteiger partial charge on any atom is 0.239 e. The van der Waals surface area contributed by atoms with Gasteiger partial charge in [0.15, 0.2) is 0 Å². The molecule has 2 amide bonds. The lowest BCUT2D eigenvalue weighted by Gasteiger charge is -2.33. The number of amides is 2. The number of primary amides is 1. The van der Waals surface area contributed by atoms with Crippen molar-refractivity contribution >= 4 is 11.8 Å². The highest BCUT2D eigenvalue weighted by Gasteiger charge is 2.29. The first-order chi connectivity index (χ1) is 7.43. The highest BCUT2D eigenvalue weighted by Crippen LogP contribution is 2.18. The Hall–Kier alpha value is -1.10. The third kappa shape index (κ3) is 2.95. The Morgan fingerprint density at radius 3 is 2.12 bits per heavy atom. The van der Waals surface area contributed by atoms with Crippen LogP contribution in [-0.2, 0) is 9.59 Å². The third-order valence-electron chi connectivity index (χ3n) is 3.21. The molecule has 1 aliphatic rings. The minimum atomic E-state index is -0.440. The Labute approximate surface area is 96.1 Å². The molecule has 0 unspecified atom stereocenters. The van der Waals surface area contributed by atoms with E-state index >= 15 is 0 Å². The Kier molecular flexibility index (Phi) is 4.29. The lowest BCUT2D eigenvalue weighted by Crippen LogP contribution is -2.50. The number of hydrogen-bond donors (Lipinski definition) is 2. The monoisotopic (exact) mass is 227 g/mol. The van der Waals surface area contributed by atoms with E-state index in [0.29, 0.717) is 25.9 Å². The minimum absolute atomic E-state index is 0.0158. The van der Waals surface area contributed by atoms with Gasteiger partial charge in [-0.1, -0.05) is 13.8 Å². The maximum atomic E-state index is 11.9. The summed E-state index contributed by atoms with van der Waals surface area (Å²) in [6.07, 6.45) is 1.32. The van der Waals surface area contributed by atoms with Gasteiger partial charge < -0.3 is 16.4 Å². The number of carbonyl (C=O) groups excluding carboxylic acids is 2. The molecule has 0 aromatic heterocycles. The molecule has 4 N–H and O–H groups in total. The molecule has 0 spiro atoms. The highest BCUT2D eigenvalue weighted by molar-refractivity contribution is 5.82. The van der Waals surface area contributed by atoms with Crippen LogP contribution < -0.4 is 11.5 Å². The fourth-order valence-corrected chi connectivity index (χ4v) is 1.88. The van der Waals surface area contributed by atoms with Gasteiger partial charge in [-0.15, -0.1) is 0 Å². The molecule has 0 aromatic carbocycles. The molecule has 1 fully saturated rings. The first-order valence-corrected chi connectivity index (χ1v) is 5.77. The van der Waals surface area contributed by atoms with Crippen LogP contribution in [-0.4, -0.2) is 35.8 Å². The molecular weight excluding hydrogens is 206 g/mol. The number of likely N-dealkylation sites (tertiary alicyclic amines) is 1. The summed E-state index contributed by atoms with van der Waals surface area (Å²) in [5, 5.41) is 0. The van der Waals surface area contributed by atoms with Gasteiger partial charge >= 0.3 is 0 Å². The van der Waals surface area contributed by atoms with Crippen LogP contribution in [0.25, 0.3) is 0 Å². The van der Waals surface area contributed by atoms with E-state index in [9.17, 15) is 9.59 Å². The maximum absolute atomic E-state index is 11.9. The first kappa shape index (κ1) is 13.0. The molecule has 5 heteroatoms. The van der Waals surface area contributed by atoms with E-state index in [2.05, 4.69) is 0 Å². The van der Waals surface area contributed by atoms with Gasteiger partial charge in [0.05, 0.1) is 6.04 Å². The lowest BCUT2D eigenvalue weighted by molar-refractivity contribution is -0.136. The topological polar surface area (TPSA) is 89.4 Å². The van der Waals surface area contributed by atoms with Crippen molar-refractivity contribution in [1.29, 1.82) is 0 Å². The molecule has 16 heavy (non-hydrogen) atoms. The van der Waals surface area contributed by atoms with Gasteiger partial charge in [0.1, 0.15) is 0 Å². The summed E-state index contributed by atoms with van der Waals surface area (Å²) in [7, 11) is 0. The average molecular weight is 227 g/mol. The zero-order valence-corrected chi connectivity index (χ0v) is 9.98. The lowest BCUT2D eigenvalue weighted by atomic mass is 9.95. The van der Waals surface area contributed by atoms with Crippen molar-refractivity contribution in [2.24, 2.45) is 23.3 Å². The summed E-state index contributed by atoms with van der Waals surface area (Å²) in [5.74, 6) is -0.223. The first-order valence-electron chi connectivity index (χ1n) is 5.77. The van der Waals surface area contributed by atoms with E-state index in [0.717, 1.165) is 0 Å². The van der Waals surface area contributed by atoms with Crippen LogP contribution in [0.2, 0.25) is 0 Å². The normalized spacial score (nSPS) is 19.9. The summed E-state index contributed by atoms with van der Waals surface area (Å²) in [6.45, 7) is 5.04. The molecule has 1 rings (SSSR count). The van der Waals surface area contributed by atoms with Crippen LogP contribution in [0.1, 0.15) is 26.7 Å². The number of hydrogen-bond acceptors (Lipinski definition) is 3. The predicted molar refractivity (Wildman–Crippen MR) is 61.3 cm³/mol. The summed E-state index contributed by atoms with van der Waals surface area (Å²) < 4.78 is 0. The van der Waals surface area contributed by atoms with Crippen LogP contribution >= 0.6 is 0 Å². The summed E-state index contributed by atoms with van der Waals surface area (Å²) >= 11 is 0. The largest absolute Gasteiger partial charge is 0.369 e. The smallest absolute Gasteiger partial charge is 0.239 e. The van der Waals surface area contributed by atoms with E-state index in [1.807, 2.05) is 13.8 Å². The number of nitrogens with zero attached hydrogens (tertiary/aromatic N) is 1. The van der Waals surface area contributed by atoms with Crippen LogP contribution in [0, 0.1) is 11.8 Å². The van der Waals surface area contributed by atoms with Gasteiger partial charge in [-0.25, -0.2) is 0 Å². The zero-order chi connectivity index (χ0) is 12.3. The van der Waals surface area contributed by atoms with Crippen molar-refractivity contribution in [2.75, 3.05) is 13.1 Å². The van der Waals surface area contributed by atoms with E-state index in [-0.39, 0.29) is 23.7 Å². The van der Waals surface area contributed by atoms with E-state index in [1.165, 1.54) is 0 Å². The van der Waals surface area contributed by atoms with Crippen molar-refractivity contribution in [2.45, 2.75) is 32.7 Å². The van der Waals surface area contributed by atoms with Gasteiger partial charge in [0.2, 0.25) is 11.8 Å². The second-order valence-corrected chi connectivity index (χ2v) is 4.77. The van der Waals surface area contributed by atoms with Gasteiger partial charge in [-0.05, 0) is 18.8 Å². The Morgan fingerprint density at radius 1 is 1.25 bits per heavy atom. The van der Waals surface area contributed by atoms with Crippen LogP contribution in [0.5, 0.6) is 0 Å².